The second kappa shape index (κ2) is 6.89. The summed E-state index contributed by atoms with van der Waals surface area (Å²) in [4.78, 5) is 21.7. The number of amides is 1. The highest BCUT2D eigenvalue weighted by Gasteiger charge is 2.29. The van der Waals surface area contributed by atoms with E-state index >= 15 is 0 Å². The first kappa shape index (κ1) is 16.2. The standard InChI is InChI=1S/C18H22ClN3OS/c19-14-7-4-8-15-16(14)20-18(24-15)22-11-9-21(10-12-22)17(23)13-5-2-1-3-6-13/h4,7-8,13H,1-3,5-6,9-12H2. The van der Waals surface area contributed by atoms with Gasteiger partial charge < -0.3 is 9.80 Å². The van der Waals surface area contributed by atoms with E-state index in [0.29, 0.717) is 10.9 Å². The first-order valence-electron chi connectivity index (χ1n) is 8.81. The SMILES string of the molecule is O=C(C1CCCCC1)N1CCN(c2nc3c(Cl)cccc3s2)CC1. The number of benzene rings is 1. The largest absolute Gasteiger partial charge is 0.345 e. The highest BCUT2D eigenvalue weighted by molar-refractivity contribution is 7.22. The molecule has 1 aromatic carbocycles. The Morgan fingerprint density at radius 2 is 1.88 bits per heavy atom. The molecule has 0 atom stereocenters. The van der Waals surface area contributed by atoms with Crippen LogP contribution in [0, 0.1) is 5.92 Å². The maximum atomic E-state index is 12.7. The summed E-state index contributed by atoms with van der Waals surface area (Å²) in [6.45, 7) is 3.32. The molecule has 128 valence electrons. The molecule has 1 aliphatic heterocycles. The van der Waals surface area contributed by atoms with Crippen LogP contribution in [0.4, 0.5) is 5.13 Å². The molecule has 0 radical (unpaired) electrons. The molecule has 1 saturated carbocycles. The van der Waals surface area contributed by atoms with Crippen molar-refractivity contribution in [3.8, 4) is 0 Å². The molecule has 0 unspecified atom stereocenters. The first-order valence-corrected chi connectivity index (χ1v) is 10.0. The lowest BCUT2D eigenvalue weighted by Gasteiger charge is -2.37. The zero-order valence-corrected chi connectivity index (χ0v) is 15.3. The van der Waals surface area contributed by atoms with E-state index in [-0.39, 0.29) is 5.92 Å². The van der Waals surface area contributed by atoms with Crippen LogP contribution >= 0.6 is 22.9 Å². The van der Waals surface area contributed by atoms with E-state index in [9.17, 15) is 4.79 Å². The summed E-state index contributed by atoms with van der Waals surface area (Å²) in [5.41, 5.74) is 0.889. The number of aromatic nitrogens is 1. The predicted octanol–water partition coefficient (Wildman–Crippen LogP) is 4.18. The number of hydrogen-bond acceptors (Lipinski definition) is 4. The van der Waals surface area contributed by atoms with E-state index in [1.54, 1.807) is 11.3 Å². The average Bonchev–Trinajstić information content (AvgIpc) is 3.08. The number of hydrogen-bond donors (Lipinski definition) is 0. The van der Waals surface area contributed by atoms with Gasteiger partial charge in [-0.2, -0.15) is 0 Å². The highest BCUT2D eigenvalue weighted by atomic mass is 35.5. The Labute approximate surface area is 151 Å². The Bertz CT molecular complexity index is 733. The molecule has 1 aliphatic carbocycles. The maximum absolute atomic E-state index is 12.7. The molecule has 6 heteroatoms. The second-order valence-corrected chi connectivity index (χ2v) is 8.15. The fourth-order valence-corrected chi connectivity index (χ4v) is 5.08. The number of piperazine rings is 1. The van der Waals surface area contributed by atoms with Crippen LogP contribution in [0.15, 0.2) is 18.2 Å². The fraction of sp³-hybridized carbons (Fsp3) is 0.556. The van der Waals surface area contributed by atoms with E-state index in [1.807, 2.05) is 12.1 Å². The maximum Gasteiger partial charge on any atom is 0.225 e. The van der Waals surface area contributed by atoms with Crippen LogP contribution in [0.1, 0.15) is 32.1 Å². The third kappa shape index (κ3) is 3.11. The van der Waals surface area contributed by atoms with Crippen molar-refractivity contribution in [3.63, 3.8) is 0 Å². The number of anilines is 1. The Kier molecular flexibility index (Phi) is 4.63. The Morgan fingerprint density at radius 3 is 2.58 bits per heavy atom. The lowest BCUT2D eigenvalue weighted by Crippen LogP contribution is -2.50. The zero-order valence-electron chi connectivity index (χ0n) is 13.7. The molecule has 2 aromatic rings. The van der Waals surface area contributed by atoms with Crippen LogP contribution in [-0.4, -0.2) is 42.0 Å². The predicted molar refractivity (Wildman–Crippen MR) is 100.0 cm³/mol. The van der Waals surface area contributed by atoms with E-state index < -0.39 is 0 Å². The van der Waals surface area contributed by atoms with Gasteiger partial charge >= 0.3 is 0 Å². The van der Waals surface area contributed by atoms with Gasteiger partial charge in [0.15, 0.2) is 5.13 Å². The molecule has 2 heterocycles. The van der Waals surface area contributed by atoms with E-state index in [4.69, 9.17) is 16.6 Å². The number of carbonyl (C=O) groups is 1. The summed E-state index contributed by atoms with van der Waals surface area (Å²) in [6, 6.07) is 5.91. The molecule has 0 bridgehead atoms. The summed E-state index contributed by atoms with van der Waals surface area (Å²) in [5.74, 6) is 0.647. The van der Waals surface area contributed by atoms with E-state index in [0.717, 1.165) is 54.4 Å². The molecule has 0 N–H and O–H groups in total. The Morgan fingerprint density at radius 1 is 1.12 bits per heavy atom. The van der Waals surface area contributed by atoms with Crippen LogP contribution in [0.2, 0.25) is 5.02 Å². The van der Waals surface area contributed by atoms with Crippen molar-refractivity contribution in [1.29, 1.82) is 0 Å². The van der Waals surface area contributed by atoms with Gasteiger partial charge in [-0.05, 0) is 25.0 Å². The van der Waals surface area contributed by atoms with Gasteiger partial charge in [-0.1, -0.05) is 48.3 Å². The molecular weight excluding hydrogens is 342 g/mol. The lowest BCUT2D eigenvalue weighted by molar-refractivity contribution is -0.136. The molecule has 1 amide bonds. The van der Waals surface area contributed by atoms with Gasteiger partial charge in [-0.25, -0.2) is 4.98 Å². The lowest BCUT2D eigenvalue weighted by atomic mass is 9.88. The summed E-state index contributed by atoms with van der Waals surface area (Å²) in [7, 11) is 0. The van der Waals surface area contributed by atoms with Gasteiger partial charge in [0.05, 0.1) is 9.72 Å². The number of fused-ring (bicyclic) bond motifs is 1. The highest BCUT2D eigenvalue weighted by Crippen LogP contribution is 2.33. The van der Waals surface area contributed by atoms with Crippen molar-refractivity contribution in [2.45, 2.75) is 32.1 Å². The number of thiazole rings is 1. The first-order chi connectivity index (χ1) is 11.7. The smallest absolute Gasteiger partial charge is 0.225 e. The average molecular weight is 364 g/mol. The van der Waals surface area contributed by atoms with Gasteiger partial charge in [0.25, 0.3) is 0 Å². The summed E-state index contributed by atoms with van der Waals surface area (Å²) in [5, 5.41) is 1.73. The zero-order chi connectivity index (χ0) is 16.5. The number of halogens is 1. The molecule has 2 fully saturated rings. The molecule has 0 spiro atoms. The number of carbonyl (C=O) groups excluding carboxylic acids is 1. The summed E-state index contributed by atoms with van der Waals surface area (Å²) >= 11 is 7.92. The van der Waals surface area contributed by atoms with Crippen LogP contribution in [-0.2, 0) is 4.79 Å². The Hall–Kier alpha value is -1.33. The monoisotopic (exact) mass is 363 g/mol. The van der Waals surface area contributed by atoms with Gasteiger partial charge in [-0.15, -0.1) is 0 Å². The van der Waals surface area contributed by atoms with Gasteiger partial charge in [0, 0.05) is 32.1 Å². The topological polar surface area (TPSA) is 36.4 Å². The van der Waals surface area contributed by atoms with Crippen LogP contribution < -0.4 is 4.90 Å². The van der Waals surface area contributed by atoms with Crippen LogP contribution in [0.3, 0.4) is 0 Å². The van der Waals surface area contributed by atoms with Crippen molar-refractivity contribution >= 4 is 44.2 Å². The second-order valence-electron chi connectivity index (χ2n) is 6.73. The van der Waals surface area contributed by atoms with Crippen molar-refractivity contribution < 1.29 is 4.79 Å². The third-order valence-electron chi connectivity index (χ3n) is 5.17. The van der Waals surface area contributed by atoms with Gasteiger partial charge in [0.2, 0.25) is 5.91 Å². The minimum atomic E-state index is 0.270. The van der Waals surface area contributed by atoms with E-state index in [2.05, 4.69) is 15.9 Å². The molecular formula is C18H22ClN3OS. The number of nitrogens with zero attached hydrogens (tertiary/aromatic N) is 3. The summed E-state index contributed by atoms with van der Waals surface area (Å²) in [6.07, 6.45) is 5.87. The van der Waals surface area contributed by atoms with Crippen molar-refractivity contribution in [3.05, 3.63) is 23.2 Å². The van der Waals surface area contributed by atoms with Crippen molar-refractivity contribution in [2.75, 3.05) is 31.1 Å². The minimum Gasteiger partial charge on any atom is -0.345 e. The molecule has 24 heavy (non-hydrogen) atoms. The van der Waals surface area contributed by atoms with Crippen LogP contribution in [0.25, 0.3) is 10.2 Å². The van der Waals surface area contributed by atoms with E-state index in [1.165, 1.54) is 19.3 Å². The fourth-order valence-electron chi connectivity index (χ4n) is 3.76. The molecule has 1 aromatic heterocycles. The normalized spacial score (nSPS) is 19.9. The van der Waals surface area contributed by atoms with Crippen molar-refractivity contribution in [1.82, 2.24) is 9.88 Å². The molecule has 4 nitrogen and oxygen atoms in total. The van der Waals surface area contributed by atoms with Gasteiger partial charge in [0.1, 0.15) is 5.52 Å². The molecule has 2 aliphatic rings. The third-order valence-corrected chi connectivity index (χ3v) is 6.56. The minimum absolute atomic E-state index is 0.270. The summed E-state index contributed by atoms with van der Waals surface area (Å²) < 4.78 is 1.12. The quantitative estimate of drug-likeness (QED) is 0.803. The van der Waals surface area contributed by atoms with Crippen molar-refractivity contribution in [2.24, 2.45) is 5.92 Å². The van der Waals surface area contributed by atoms with Crippen LogP contribution in [0.5, 0.6) is 0 Å². The molecule has 4 rings (SSSR count). The molecule has 1 saturated heterocycles. The van der Waals surface area contributed by atoms with Gasteiger partial charge in [-0.3, -0.25) is 4.79 Å². The number of rotatable bonds is 2. The Balaban J connectivity index is 1.41. The number of para-hydroxylation sites is 1.